The number of nitrogens with zero attached hydrogens (tertiary/aromatic N) is 2. The van der Waals surface area contributed by atoms with E-state index in [1.54, 1.807) is 6.92 Å². The zero-order valence-corrected chi connectivity index (χ0v) is 8.91. The summed E-state index contributed by atoms with van der Waals surface area (Å²) in [6, 6.07) is 0. The Morgan fingerprint density at radius 2 is 2.27 bits per heavy atom. The fraction of sp³-hybridized carbons (Fsp3) is 0.429. The third-order valence-corrected chi connectivity index (χ3v) is 2.56. The smallest absolute Gasteiger partial charge is 0.350 e. The molecule has 0 bridgehead atoms. The van der Waals surface area contributed by atoms with E-state index >= 15 is 0 Å². The summed E-state index contributed by atoms with van der Waals surface area (Å²) in [5.41, 5.74) is -0.401. The molecule has 84 valence electrons. The molecule has 8 heteroatoms. The van der Waals surface area contributed by atoms with E-state index in [-0.39, 0.29) is 6.61 Å². The Balaban J connectivity index is 3.27. The third-order valence-electron chi connectivity index (χ3n) is 1.61. The molecule has 1 aromatic rings. The van der Waals surface area contributed by atoms with E-state index in [2.05, 4.69) is 9.84 Å². The second-order valence-electron chi connectivity index (χ2n) is 2.65. The van der Waals surface area contributed by atoms with Gasteiger partial charge in [-0.15, -0.1) is 0 Å². The zero-order valence-electron chi connectivity index (χ0n) is 8.10. The van der Waals surface area contributed by atoms with Gasteiger partial charge < -0.3 is 4.74 Å². The van der Waals surface area contributed by atoms with Gasteiger partial charge in [-0.3, -0.25) is 4.68 Å². The lowest BCUT2D eigenvalue weighted by molar-refractivity contribution is 0.0521. The van der Waals surface area contributed by atoms with Crippen molar-refractivity contribution in [1.29, 1.82) is 0 Å². The molecule has 1 aromatic heterocycles. The summed E-state index contributed by atoms with van der Waals surface area (Å²) in [7, 11) is -3.77. The highest BCUT2D eigenvalue weighted by molar-refractivity contribution is 7.86. The topological polar surface area (TPSA) is 78.3 Å². The van der Waals surface area contributed by atoms with Crippen molar-refractivity contribution in [2.75, 3.05) is 6.61 Å². The summed E-state index contributed by atoms with van der Waals surface area (Å²) in [5, 5.41) is 2.69. The van der Waals surface area contributed by atoms with Gasteiger partial charge in [0.05, 0.1) is 12.8 Å². The summed E-state index contributed by atoms with van der Waals surface area (Å²) in [6.07, 6.45) is 0.949. The minimum absolute atomic E-state index is 0.0689. The first kappa shape index (κ1) is 11.6. The van der Waals surface area contributed by atoms with E-state index in [1.807, 2.05) is 0 Å². The number of aromatic nitrogens is 2. The molecular formula is C7H9FN2O4S. The van der Waals surface area contributed by atoms with Crippen molar-refractivity contribution < 1.29 is 21.8 Å². The fourth-order valence-electron chi connectivity index (χ4n) is 1.06. The summed E-state index contributed by atoms with van der Waals surface area (Å²) in [5.74, 6) is -0.915. The molecule has 0 saturated heterocycles. The van der Waals surface area contributed by atoms with Crippen molar-refractivity contribution in [3.63, 3.8) is 0 Å². The van der Waals surface area contributed by atoms with E-state index in [0.717, 1.165) is 10.9 Å². The molecule has 0 unspecified atom stereocenters. The van der Waals surface area contributed by atoms with Crippen LogP contribution in [0.4, 0.5) is 3.89 Å². The van der Waals surface area contributed by atoms with E-state index in [1.165, 1.54) is 7.05 Å². The van der Waals surface area contributed by atoms with Crippen molar-refractivity contribution in [2.24, 2.45) is 7.05 Å². The largest absolute Gasteiger partial charge is 0.462 e. The van der Waals surface area contributed by atoms with Crippen LogP contribution in [0, 0.1) is 0 Å². The molecule has 0 saturated carbocycles. The molecule has 0 aliphatic heterocycles. The van der Waals surface area contributed by atoms with Crippen LogP contribution in [-0.4, -0.2) is 30.8 Å². The Hall–Kier alpha value is -1.44. The molecule has 0 spiro atoms. The second-order valence-corrected chi connectivity index (χ2v) is 3.91. The monoisotopic (exact) mass is 236 g/mol. The summed E-state index contributed by atoms with van der Waals surface area (Å²) in [6.45, 7) is 1.62. The molecule has 0 fully saturated rings. The molecule has 0 aliphatic carbocycles. The van der Waals surface area contributed by atoms with Crippen molar-refractivity contribution in [3.8, 4) is 0 Å². The standard InChI is InChI=1S/C7H9FN2O4S/c1-3-14-7(11)5-4-9-10(2)6(5)15(8,12)13/h4H,3H2,1-2H3. The minimum Gasteiger partial charge on any atom is -0.462 e. The van der Waals surface area contributed by atoms with Gasteiger partial charge in [0.25, 0.3) is 0 Å². The lowest BCUT2D eigenvalue weighted by Gasteiger charge is -2.01. The molecule has 0 N–H and O–H groups in total. The van der Waals surface area contributed by atoms with E-state index in [4.69, 9.17) is 0 Å². The van der Waals surface area contributed by atoms with Gasteiger partial charge in [0.1, 0.15) is 5.56 Å². The van der Waals surface area contributed by atoms with Gasteiger partial charge in [-0.05, 0) is 6.92 Å². The highest BCUT2D eigenvalue weighted by Crippen LogP contribution is 2.17. The number of halogens is 1. The Morgan fingerprint density at radius 1 is 1.67 bits per heavy atom. The van der Waals surface area contributed by atoms with Crippen LogP contribution in [0.2, 0.25) is 0 Å². The number of ether oxygens (including phenoxy) is 1. The molecule has 0 amide bonds. The molecule has 6 nitrogen and oxygen atoms in total. The lowest BCUT2D eigenvalue weighted by Crippen LogP contribution is -2.11. The SMILES string of the molecule is CCOC(=O)c1cnn(C)c1S(=O)(=O)F. The van der Waals surface area contributed by atoms with Gasteiger partial charge >= 0.3 is 16.2 Å². The number of esters is 1. The van der Waals surface area contributed by atoms with Crippen molar-refractivity contribution >= 4 is 16.2 Å². The maximum atomic E-state index is 12.8. The normalized spacial score (nSPS) is 11.4. The number of aryl methyl sites for hydroxylation is 1. The van der Waals surface area contributed by atoms with Crippen molar-refractivity contribution in [1.82, 2.24) is 9.78 Å². The molecule has 0 atom stereocenters. The van der Waals surface area contributed by atoms with E-state index in [0.29, 0.717) is 0 Å². The minimum atomic E-state index is -4.98. The van der Waals surface area contributed by atoms with E-state index < -0.39 is 26.8 Å². The Morgan fingerprint density at radius 3 is 2.73 bits per heavy atom. The summed E-state index contributed by atoms with van der Waals surface area (Å²) >= 11 is 0. The Labute approximate surface area is 85.9 Å². The lowest BCUT2D eigenvalue weighted by atomic mass is 10.4. The van der Waals surface area contributed by atoms with E-state index in [9.17, 15) is 17.1 Å². The van der Waals surface area contributed by atoms with Crippen LogP contribution in [0.3, 0.4) is 0 Å². The van der Waals surface area contributed by atoms with Crippen LogP contribution in [0.15, 0.2) is 11.2 Å². The predicted molar refractivity (Wildman–Crippen MR) is 47.5 cm³/mol. The molecular weight excluding hydrogens is 227 g/mol. The summed E-state index contributed by atoms with van der Waals surface area (Å²) < 4.78 is 39.5. The van der Waals surface area contributed by atoms with Crippen LogP contribution in [-0.2, 0) is 22.0 Å². The Kier molecular flexibility index (Phi) is 3.08. The first-order valence-corrected chi connectivity index (χ1v) is 5.40. The van der Waals surface area contributed by atoms with Crippen molar-refractivity contribution in [3.05, 3.63) is 11.8 Å². The zero-order chi connectivity index (χ0) is 11.6. The molecule has 1 heterocycles. The van der Waals surface area contributed by atoms with Crippen LogP contribution in [0.1, 0.15) is 17.3 Å². The van der Waals surface area contributed by atoms with Crippen LogP contribution in [0.25, 0.3) is 0 Å². The van der Waals surface area contributed by atoms with Gasteiger partial charge in [0.15, 0.2) is 5.03 Å². The highest BCUT2D eigenvalue weighted by atomic mass is 32.3. The second kappa shape index (κ2) is 3.97. The summed E-state index contributed by atoms with van der Waals surface area (Å²) in [4.78, 5) is 11.2. The van der Waals surface area contributed by atoms with Gasteiger partial charge in [-0.2, -0.15) is 13.5 Å². The third kappa shape index (κ3) is 2.32. The molecule has 15 heavy (non-hydrogen) atoms. The van der Waals surface area contributed by atoms with Crippen LogP contribution >= 0.6 is 0 Å². The molecule has 0 aromatic carbocycles. The fourth-order valence-corrected chi connectivity index (χ4v) is 1.83. The predicted octanol–water partition coefficient (Wildman–Crippen LogP) is 0.255. The molecule has 0 radical (unpaired) electrons. The first-order valence-electron chi connectivity index (χ1n) is 4.01. The quantitative estimate of drug-likeness (QED) is 0.555. The average molecular weight is 236 g/mol. The average Bonchev–Trinajstić information content (AvgIpc) is 2.46. The maximum absolute atomic E-state index is 12.8. The number of carbonyl (C=O) groups excluding carboxylic acids is 1. The first-order chi connectivity index (χ1) is 6.88. The van der Waals surface area contributed by atoms with Gasteiger partial charge in [0.2, 0.25) is 0 Å². The Bertz CT molecular complexity index is 479. The number of hydrogen-bond donors (Lipinski definition) is 0. The number of rotatable bonds is 3. The van der Waals surface area contributed by atoms with Gasteiger partial charge in [-0.1, -0.05) is 3.89 Å². The van der Waals surface area contributed by atoms with Crippen LogP contribution in [0.5, 0.6) is 0 Å². The van der Waals surface area contributed by atoms with Crippen molar-refractivity contribution in [2.45, 2.75) is 11.9 Å². The highest BCUT2D eigenvalue weighted by Gasteiger charge is 2.27. The number of hydrogen-bond acceptors (Lipinski definition) is 5. The molecule has 0 aliphatic rings. The number of carbonyl (C=O) groups is 1. The van der Waals surface area contributed by atoms with Gasteiger partial charge in [-0.25, -0.2) is 4.79 Å². The van der Waals surface area contributed by atoms with Gasteiger partial charge in [0, 0.05) is 7.05 Å². The molecule has 1 rings (SSSR count). The van der Waals surface area contributed by atoms with Crippen LogP contribution < -0.4 is 0 Å². The maximum Gasteiger partial charge on any atom is 0.350 e.